The van der Waals surface area contributed by atoms with Crippen LogP contribution in [-0.2, 0) is 17.6 Å². The number of carbonyl (C=O) groups excluding carboxylic acids is 1. The van der Waals surface area contributed by atoms with Crippen LogP contribution < -0.4 is 0 Å². The van der Waals surface area contributed by atoms with Crippen molar-refractivity contribution in [2.24, 2.45) is 0 Å². The average molecular weight is 283 g/mol. The topological polar surface area (TPSA) is 42.1 Å². The number of H-pyrrole nitrogens is 1. The molecule has 0 amide bonds. The summed E-state index contributed by atoms with van der Waals surface area (Å²) in [7, 11) is 0. The molecule has 2 aromatic rings. The number of rotatable bonds is 4. The first-order chi connectivity index (χ1) is 10.3. The number of hydrogen-bond donors (Lipinski definition) is 1. The zero-order valence-electron chi connectivity index (χ0n) is 12.4. The second-order valence-corrected chi connectivity index (χ2v) is 5.62. The second-order valence-electron chi connectivity index (χ2n) is 5.62. The lowest BCUT2D eigenvalue weighted by Gasteiger charge is -2.22. The maximum Gasteiger partial charge on any atom is 0.354 e. The van der Waals surface area contributed by atoms with Crippen molar-refractivity contribution >= 4 is 5.97 Å². The molecule has 3 heteroatoms. The first-order valence-electron chi connectivity index (χ1n) is 7.70. The Morgan fingerprint density at radius 3 is 2.90 bits per heavy atom. The molecule has 110 valence electrons. The number of aromatic nitrogens is 1. The molecule has 1 heterocycles. The van der Waals surface area contributed by atoms with Crippen LogP contribution >= 0.6 is 0 Å². The SMILES string of the molecule is CCOC(=O)c1cc2c([nH]1)CCC[C@@H]2Cc1ccccc1. The Kier molecular flexibility index (Phi) is 4.09. The number of aryl methyl sites for hydroxylation is 1. The summed E-state index contributed by atoms with van der Waals surface area (Å²) in [5.74, 6) is 0.251. The third-order valence-corrected chi connectivity index (χ3v) is 4.17. The van der Waals surface area contributed by atoms with E-state index in [4.69, 9.17) is 4.74 Å². The zero-order valence-corrected chi connectivity index (χ0v) is 12.4. The highest BCUT2D eigenvalue weighted by molar-refractivity contribution is 5.88. The highest BCUT2D eigenvalue weighted by atomic mass is 16.5. The van der Waals surface area contributed by atoms with E-state index in [-0.39, 0.29) is 5.97 Å². The Labute approximate surface area is 125 Å². The van der Waals surface area contributed by atoms with E-state index in [2.05, 4.69) is 29.2 Å². The van der Waals surface area contributed by atoms with Crippen LogP contribution in [-0.4, -0.2) is 17.6 Å². The number of carbonyl (C=O) groups is 1. The predicted octanol–water partition coefficient (Wildman–Crippen LogP) is 3.85. The summed E-state index contributed by atoms with van der Waals surface area (Å²) in [5, 5.41) is 0. The molecular weight excluding hydrogens is 262 g/mol. The molecule has 1 aromatic carbocycles. The van der Waals surface area contributed by atoms with Crippen molar-refractivity contribution in [3.63, 3.8) is 0 Å². The van der Waals surface area contributed by atoms with Crippen LogP contribution in [0.3, 0.4) is 0 Å². The first-order valence-corrected chi connectivity index (χ1v) is 7.70. The molecule has 1 aliphatic rings. The fourth-order valence-corrected chi connectivity index (χ4v) is 3.19. The van der Waals surface area contributed by atoms with E-state index in [0.717, 1.165) is 12.8 Å². The maximum absolute atomic E-state index is 11.9. The van der Waals surface area contributed by atoms with Crippen molar-refractivity contribution in [3.8, 4) is 0 Å². The van der Waals surface area contributed by atoms with Gasteiger partial charge in [-0.2, -0.15) is 0 Å². The Morgan fingerprint density at radius 1 is 1.33 bits per heavy atom. The second kappa shape index (κ2) is 6.17. The summed E-state index contributed by atoms with van der Waals surface area (Å²) in [6.07, 6.45) is 4.42. The van der Waals surface area contributed by atoms with Crippen LogP contribution in [0.25, 0.3) is 0 Å². The van der Waals surface area contributed by atoms with Gasteiger partial charge in [0.05, 0.1) is 6.61 Å². The minimum absolute atomic E-state index is 0.245. The van der Waals surface area contributed by atoms with Crippen LogP contribution in [0.1, 0.15) is 53.0 Å². The van der Waals surface area contributed by atoms with Gasteiger partial charge in [0.25, 0.3) is 0 Å². The zero-order chi connectivity index (χ0) is 14.7. The van der Waals surface area contributed by atoms with Crippen molar-refractivity contribution in [1.82, 2.24) is 4.98 Å². The molecule has 1 aromatic heterocycles. The summed E-state index contributed by atoms with van der Waals surface area (Å²) in [6.45, 7) is 2.24. The molecule has 0 fully saturated rings. The third kappa shape index (κ3) is 3.02. The van der Waals surface area contributed by atoms with Crippen LogP contribution in [0.5, 0.6) is 0 Å². The van der Waals surface area contributed by atoms with E-state index < -0.39 is 0 Å². The smallest absolute Gasteiger partial charge is 0.354 e. The van der Waals surface area contributed by atoms with Crippen molar-refractivity contribution in [1.29, 1.82) is 0 Å². The number of esters is 1. The van der Waals surface area contributed by atoms with E-state index in [1.807, 2.05) is 19.1 Å². The Balaban J connectivity index is 1.82. The van der Waals surface area contributed by atoms with Gasteiger partial charge < -0.3 is 9.72 Å². The van der Waals surface area contributed by atoms with Gasteiger partial charge in [-0.3, -0.25) is 0 Å². The molecular formula is C18H21NO2. The van der Waals surface area contributed by atoms with Crippen LogP contribution in [0, 0.1) is 0 Å². The van der Waals surface area contributed by atoms with Crippen LogP contribution in [0.2, 0.25) is 0 Å². The summed E-state index contributed by atoms with van der Waals surface area (Å²) < 4.78 is 5.09. The third-order valence-electron chi connectivity index (χ3n) is 4.17. The first kappa shape index (κ1) is 13.9. The molecule has 1 atom stereocenters. The highest BCUT2D eigenvalue weighted by Gasteiger charge is 2.24. The largest absolute Gasteiger partial charge is 0.461 e. The number of nitrogens with one attached hydrogen (secondary N) is 1. The van der Waals surface area contributed by atoms with Gasteiger partial charge in [0.15, 0.2) is 0 Å². The molecule has 3 rings (SSSR count). The molecule has 21 heavy (non-hydrogen) atoms. The molecule has 1 N–H and O–H groups in total. The monoisotopic (exact) mass is 283 g/mol. The van der Waals surface area contributed by atoms with E-state index >= 15 is 0 Å². The lowest BCUT2D eigenvalue weighted by Crippen LogP contribution is -2.10. The molecule has 0 aliphatic heterocycles. The fraction of sp³-hybridized carbons (Fsp3) is 0.389. The lowest BCUT2D eigenvalue weighted by molar-refractivity contribution is 0.0520. The number of fused-ring (bicyclic) bond motifs is 1. The number of hydrogen-bond acceptors (Lipinski definition) is 2. The number of benzene rings is 1. The van der Waals surface area contributed by atoms with Crippen molar-refractivity contribution < 1.29 is 9.53 Å². The molecule has 1 aliphatic carbocycles. The normalized spacial score (nSPS) is 17.3. The van der Waals surface area contributed by atoms with Crippen LogP contribution in [0.4, 0.5) is 0 Å². The molecule has 0 unspecified atom stereocenters. The van der Waals surface area contributed by atoms with Gasteiger partial charge in [0.2, 0.25) is 0 Å². The summed E-state index contributed by atoms with van der Waals surface area (Å²) in [4.78, 5) is 15.1. The summed E-state index contributed by atoms with van der Waals surface area (Å²) in [5.41, 5.74) is 4.47. The van der Waals surface area contributed by atoms with Gasteiger partial charge in [-0.05, 0) is 55.7 Å². The molecule has 0 radical (unpaired) electrons. The van der Waals surface area contributed by atoms with Gasteiger partial charge in [-0.25, -0.2) is 4.79 Å². The average Bonchev–Trinajstić information content (AvgIpc) is 2.94. The standard InChI is InChI=1S/C18H21NO2/c1-2-21-18(20)17-12-15-14(9-6-10-16(15)19-17)11-13-7-4-3-5-8-13/h3-5,7-8,12,14,19H,2,6,9-11H2,1H3/t14-/m1/s1. The van der Waals surface area contributed by atoms with Crippen LogP contribution in [0.15, 0.2) is 36.4 Å². The van der Waals surface area contributed by atoms with E-state index in [1.165, 1.54) is 29.7 Å². The van der Waals surface area contributed by atoms with Gasteiger partial charge in [0, 0.05) is 5.69 Å². The molecule has 0 saturated heterocycles. The van der Waals surface area contributed by atoms with Gasteiger partial charge in [0.1, 0.15) is 5.69 Å². The molecule has 0 bridgehead atoms. The summed E-state index contributed by atoms with van der Waals surface area (Å²) in [6, 6.07) is 12.6. The van der Waals surface area contributed by atoms with Crippen molar-refractivity contribution in [3.05, 3.63) is 58.9 Å². The molecule has 3 nitrogen and oxygen atoms in total. The predicted molar refractivity (Wildman–Crippen MR) is 82.6 cm³/mol. The van der Waals surface area contributed by atoms with E-state index in [9.17, 15) is 4.79 Å². The van der Waals surface area contributed by atoms with E-state index in [0.29, 0.717) is 18.2 Å². The Bertz CT molecular complexity index is 615. The van der Waals surface area contributed by atoms with Gasteiger partial charge >= 0.3 is 5.97 Å². The van der Waals surface area contributed by atoms with Crippen molar-refractivity contribution in [2.45, 2.75) is 38.5 Å². The number of ether oxygens (including phenoxy) is 1. The van der Waals surface area contributed by atoms with Gasteiger partial charge in [-0.1, -0.05) is 30.3 Å². The lowest BCUT2D eigenvalue weighted by atomic mass is 9.83. The minimum atomic E-state index is -0.245. The highest BCUT2D eigenvalue weighted by Crippen LogP contribution is 2.34. The Hall–Kier alpha value is -2.03. The summed E-state index contributed by atoms with van der Waals surface area (Å²) >= 11 is 0. The fourth-order valence-electron chi connectivity index (χ4n) is 3.19. The Morgan fingerprint density at radius 2 is 2.14 bits per heavy atom. The quantitative estimate of drug-likeness (QED) is 0.866. The van der Waals surface area contributed by atoms with Gasteiger partial charge in [-0.15, -0.1) is 0 Å². The molecule has 0 saturated carbocycles. The van der Waals surface area contributed by atoms with E-state index in [1.54, 1.807) is 0 Å². The molecule has 0 spiro atoms. The van der Waals surface area contributed by atoms with Crippen molar-refractivity contribution in [2.75, 3.05) is 6.61 Å². The minimum Gasteiger partial charge on any atom is -0.461 e. The maximum atomic E-state index is 11.9. The number of aromatic amines is 1.